The molecule has 0 radical (unpaired) electrons. The topological polar surface area (TPSA) is 59.0 Å². The zero-order chi connectivity index (χ0) is 13.5. The molecule has 0 saturated heterocycles. The maximum Gasteiger partial charge on any atom is 0.233 e. The first-order chi connectivity index (χ1) is 8.52. The van der Waals surface area contributed by atoms with Crippen molar-refractivity contribution in [1.82, 2.24) is 20.4 Å². The van der Waals surface area contributed by atoms with Gasteiger partial charge >= 0.3 is 0 Å². The summed E-state index contributed by atoms with van der Waals surface area (Å²) >= 11 is 0. The number of hydrogen-bond donors (Lipinski definition) is 2. The first kappa shape index (κ1) is 14.7. The first-order valence-corrected chi connectivity index (χ1v) is 6.55. The van der Waals surface area contributed by atoms with E-state index in [1.807, 2.05) is 30.9 Å². The summed E-state index contributed by atoms with van der Waals surface area (Å²) in [6.07, 6.45) is 3.84. The van der Waals surface area contributed by atoms with E-state index in [4.69, 9.17) is 0 Å². The maximum absolute atomic E-state index is 11.6. The van der Waals surface area contributed by atoms with Crippen molar-refractivity contribution in [1.29, 1.82) is 0 Å². The smallest absolute Gasteiger partial charge is 0.233 e. The minimum atomic E-state index is 0.0402. The molecule has 2 N–H and O–H groups in total. The molecule has 0 aliphatic carbocycles. The Kier molecular flexibility index (Phi) is 5.85. The Labute approximate surface area is 109 Å². The van der Waals surface area contributed by atoms with E-state index in [1.165, 1.54) is 0 Å². The Morgan fingerprint density at radius 3 is 2.72 bits per heavy atom. The van der Waals surface area contributed by atoms with Crippen LogP contribution in [0.1, 0.15) is 39.3 Å². The Hall–Kier alpha value is -1.36. The summed E-state index contributed by atoms with van der Waals surface area (Å²) in [5, 5.41) is 10.3. The largest absolute Gasteiger partial charge is 0.355 e. The molecular formula is C13H24N4O. The Morgan fingerprint density at radius 1 is 1.44 bits per heavy atom. The lowest BCUT2D eigenvalue weighted by Crippen LogP contribution is -2.36. The van der Waals surface area contributed by atoms with Crippen LogP contribution in [0.25, 0.3) is 0 Å². The normalized spacial score (nSPS) is 12.7. The maximum atomic E-state index is 11.6. The van der Waals surface area contributed by atoms with Gasteiger partial charge in [0.15, 0.2) is 0 Å². The van der Waals surface area contributed by atoms with Gasteiger partial charge in [0, 0.05) is 30.9 Å². The number of aromatic nitrogens is 2. The third kappa shape index (κ3) is 4.87. The second-order valence-electron chi connectivity index (χ2n) is 4.93. The molecule has 1 rings (SSSR count). The molecule has 1 amide bonds. The standard InChI is InChI=1S/C13H24N4O/c1-5-17-9-12(7-16-17)11(4)14-8-13(18)15-6-10(2)3/h7,9-11,14H,5-6,8H2,1-4H3,(H,15,18). The molecule has 0 aliphatic heterocycles. The van der Waals surface area contributed by atoms with Crippen molar-refractivity contribution in [2.45, 2.75) is 40.3 Å². The number of hydrogen-bond acceptors (Lipinski definition) is 3. The van der Waals surface area contributed by atoms with Gasteiger partial charge in [0.1, 0.15) is 0 Å². The number of carbonyl (C=O) groups is 1. The number of rotatable bonds is 7. The monoisotopic (exact) mass is 252 g/mol. The van der Waals surface area contributed by atoms with E-state index in [9.17, 15) is 4.79 Å². The highest BCUT2D eigenvalue weighted by Crippen LogP contribution is 2.10. The van der Waals surface area contributed by atoms with Gasteiger partial charge in [-0.15, -0.1) is 0 Å². The molecule has 0 spiro atoms. The number of nitrogens with one attached hydrogen (secondary N) is 2. The SMILES string of the molecule is CCn1cc(C(C)NCC(=O)NCC(C)C)cn1. The van der Waals surface area contributed by atoms with Gasteiger partial charge in [-0.25, -0.2) is 0 Å². The van der Waals surface area contributed by atoms with Crippen LogP contribution in [0.3, 0.4) is 0 Å². The Morgan fingerprint density at radius 2 is 2.17 bits per heavy atom. The minimum absolute atomic E-state index is 0.0402. The van der Waals surface area contributed by atoms with Crippen LogP contribution in [0.2, 0.25) is 0 Å². The second-order valence-corrected chi connectivity index (χ2v) is 4.93. The molecule has 0 fully saturated rings. The molecule has 102 valence electrons. The van der Waals surface area contributed by atoms with Gasteiger partial charge in [-0.05, 0) is 19.8 Å². The Balaban J connectivity index is 2.32. The molecule has 1 atom stereocenters. The summed E-state index contributed by atoms with van der Waals surface area (Å²) in [6.45, 7) is 10.2. The van der Waals surface area contributed by atoms with Crippen LogP contribution in [0.5, 0.6) is 0 Å². The van der Waals surface area contributed by atoms with Crippen molar-refractivity contribution in [3.05, 3.63) is 18.0 Å². The first-order valence-electron chi connectivity index (χ1n) is 6.55. The van der Waals surface area contributed by atoms with Crippen LogP contribution < -0.4 is 10.6 Å². The third-order valence-corrected chi connectivity index (χ3v) is 2.75. The molecule has 1 aromatic rings. The number of aryl methyl sites for hydroxylation is 1. The summed E-state index contributed by atoms with van der Waals surface area (Å²) in [5.41, 5.74) is 1.11. The van der Waals surface area contributed by atoms with E-state index in [-0.39, 0.29) is 11.9 Å². The predicted molar refractivity (Wildman–Crippen MR) is 72.2 cm³/mol. The fraction of sp³-hybridized carbons (Fsp3) is 0.692. The van der Waals surface area contributed by atoms with Gasteiger partial charge in [-0.1, -0.05) is 13.8 Å². The van der Waals surface area contributed by atoms with Gasteiger partial charge < -0.3 is 10.6 Å². The summed E-state index contributed by atoms with van der Waals surface area (Å²) in [6, 6.07) is 0.134. The van der Waals surface area contributed by atoms with E-state index in [1.54, 1.807) is 0 Å². The van der Waals surface area contributed by atoms with E-state index in [0.29, 0.717) is 12.5 Å². The van der Waals surface area contributed by atoms with Gasteiger partial charge in [0.05, 0.1) is 12.7 Å². The van der Waals surface area contributed by atoms with Crippen molar-refractivity contribution >= 4 is 5.91 Å². The molecule has 1 heterocycles. The number of amides is 1. The summed E-state index contributed by atoms with van der Waals surface area (Å²) < 4.78 is 1.88. The van der Waals surface area contributed by atoms with E-state index in [0.717, 1.165) is 18.7 Å². The van der Waals surface area contributed by atoms with Crippen LogP contribution in [-0.2, 0) is 11.3 Å². The quantitative estimate of drug-likeness (QED) is 0.769. The zero-order valence-electron chi connectivity index (χ0n) is 11.7. The van der Waals surface area contributed by atoms with Crippen molar-refractivity contribution in [3.8, 4) is 0 Å². The summed E-state index contributed by atoms with van der Waals surface area (Å²) in [5.74, 6) is 0.521. The second kappa shape index (κ2) is 7.16. The lowest BCUT2D eigenvalue weighted by atomic mass is 10.2. The molecule has 18 heavy (non-hydrogen) atoms. The molecule has 0 aliphatic rings. The van der Waals surface area contributed by atoms with Gasteiger partial charge in [-0.3, -0.25) is 9.48 Å². The van der Waals surface area contributed by atoms with Crippen LogP contribution >= 0.6 is 0 Å². The molecule has 1 unspecified atom stereocenters. The predicted octanol–water partition coefficient (Wildman–Crippen LogP) is 1.33. The van der Waals surface area contributed by atoms with Gasteiger partial charge in [0.25, 0.3) is 0 Å². The van der Waals surface area contributed by atoms with Crippen LogP contribution in [0.4, 0.5) is 0 Å². The Bertz CT molecular complexity index is 373. The fourth-order valence-electron chi connectivity index (χ4n) is 1.52. The fourth-order valence-corrected chi connectivity index (χ4v) is 1.52. The van der Waals surface area contributed by atoms with Crippen molar-refractivity contribution in [3.63, 3.8) is 0 Å². The summed E-state index contributed by atoms with van der Waals surface area (Å²) in [4.78, 5) is 11.6. The average Bonchev–Trinajstić information content (AvgIpc) is 2.82. The lowest BCUT2D eigenvalue weighted by molar-refractivity contribution is -0.120. The highest BCUT2D eigenvalue weighted by molar-refractivity contribution is 5.78. The average molecular weight is 252 g/mol. The van der Waals surface area contributed by atoms with E-state index in [2.05, 4.69) is 29.6 Å². The number of carbonyl (C=O) groups excluding carboxylic acids is 1. The number of nitrogens with zero attached hydrogens (tertiary/aromatic N) is 2. The molecular weight excluding hydrogens is 228 g/mol. The highest BCUT2D eigenvalue weighted by atomic mass is 16.1. The molecule has 0 saturated carbocycles. The minimum Gasteiger partial charge on any atom is -0.355 e. The molecule has 1 aromatic heterocycles. The van der Waals surface area contributed by atoms with E-state index >= 15 is 0 Å². The van der Waals surface area contributed by atoms with Gasteiger partial charge in [-0.2, -0.15) is 5.10 Å². The zero-order valence-corrected chi connectivity index (χ0v) is 11.7. The summed E-state index contributed by atoms with van der Waals surface area (Å²) in [7, 11) is 0. The lowest BCUT2D eigenvalue weighted by Gasteiger charge is -2.12. The van der Waals surface area contributed by atoms with Crippen molar-refractivity contribution in [2.24, 2.45) is 5.92 Å². The van der Waals surface area contributed by atoms with E-state index < -0.39 is 0 Å². The molecule has 5 nitrogen and oxygen atoms in total. The van der Waals surface area contributed by atoms with Crippen LogP contribution in [-0.4, -0.2) is 28.8 Å². The molecule has 0 aromatic carbocycles. The molecule has 5 heteroatoms. The third-order valence-electron chi connectivity index (χ3n) is 2.75. The highest BCUT2D eigenvalue weighted by Gasteiger charge is 2.09. The molecule has 0 bridgehead atoms. The van der Waals surface area contributed by atoms with Crippen molar-refractivity contribution < 1.29 is 4.79 Å². The van der Waals surface area contributed by atoms with Gasteiger partial charge in [0.2, 0.25) is 5.91 Å². The van der Waals surface area contributed by atoms with Crippen molar-refractivity contribution in [2.75, 3.05) is 13.1 Å². The van der Waals surface area contributed by atoms with Crippen LogP contribution in [0, 0.1) is 5.92 Å². The van der Waals surface area contributed by atoms with Crippen LogP contribution in [0.15, 0.2) is 12.4 Å².